The van der Waals surface area contributed by atoms with Crippen molar-refractivity contribution in [2.24, 2.45) is 0 Å². The second-order valence-corrected chi connectivity index (χ2v) is 7.41. The van der Waals surface area contributed by atoms with Crippen molar-refractivity contribution in [1.29, 1.82) is 0 Å². The molecule has 0 amide bonds. The normalized spacial score (nSPS) is 13.8. The maximum absolute atomic E-state index is 3.42. The van der Waals surface area contributed by atoms with Crippen molar-refractivity contribution in [3.63, 3.8) is 0 Å². The molecule has 2 aliphatic rings. The zero-order valence-corrected chi connectivity index (χ0v) is 22.8. The van der Waals surface area contributed by atoms with Crippen LogP contribution in [0.4, 0.5) is 0 Å². The molecule has 31 heavy (non-hydrogen) atoms. The van der Waals surface area contributed by atoms with Crippen molar-refractivity contribution in [3.05, 3.63) is 106 Å². The summed E-state index contributed by atoms with van der Waals surface area (Å²) in [5, 5.41) is 0. The van der Waals surface area contributed by atoms with E-state index in [0.29, 0.717) is 0 Å². The molecule has 0 fully saturated rings. The maximum atomic E-state index is 3.42. The van der Waals surface area contributed by atoms with E-state index in [1.54, 1.807) is 0 Å². The van der Waals surface area contributed by atoms with E-state index in [1.165, 1.54) is 44.5 Å². The van der Waals surface area contributed by atoms with Gasteiger partial charge in [0.1, 0.15) is 0 Å². The predicted octanol–water partition coefficient (Wildman–Crippen LogP) is 1.85. The van der Waals surface area contributed by atoms with Gasteiger partial charge in [-0.3, -0.25) is 0 Å². The fourth-order valence-electron chi connectivity index (χ4n) is 3.64. The molecule has 0 aliphatic heterocycles. The number of rotatable bonds is 4. The first-order chi connectivity index (χ1) is 13.6. The average molecular weight is 529 g/mol. The Bertz CT molecular complexity index is 850. The molecule has 0 saturated carbocycles. The zero-order chi connectivity index (χ0) is 19.9. The third-order valence-electron chi connectivity index (χ3n) is 5.34. The van der Waals surface area contributed by atoms with Gasteiger partial charge in [-0.2, -0.15) is 34.4 Å². The van der Waals surface area contributed by atoms with Crippen molar-refractivity contribution < 1.29 is 51.0 Å². The van der Waals surface area contributed by atoms with Gasteiger partial charge in [-0.05, 0) is 13.8 Å². The van der Waals surface area contributed by atoms with E-state index in [-0.39, 0.29) is 51.0 Å². The minimum absolute atomic E-state index is 0. The summed E-state index contributed by atoms with van der Waals surface area (Å²) in [5.74, 6) is 0. The van der Waals surface area contributed by atoms with Crippen LogP contribution in [0.25, 0.3) is 11.1 Å². The molecule has 0 nitrogen and oxygen atoms in total. The van der Waals surface area contributed by atoms with Gasteiger partial charge >= 0.3 is 26.2 Å². The summed E-state index contributed by atoms with van der Waals surface area (Å²) in [6.07, 6.45) is 15.6. The number of benzene rings is 2. The minimum Gasteiger partial charge on any atom is -1.00 e. The monoisotopic (exact) mass is 526 g/mol. The van der Waals surface area contributed by atoms with Gasteiger partial charge in [0.05, 0.1) is 0 Å². The van der Waals surface area contributed by atoms with Gasteiger partial charge < -0.3 is 24.8 Å². The van der Waals surface area contributed by atoms with Crippen molar-refractivity contribution in [2.75, 3.05) is 0 Å². The van der Waals surface area contributed by atoms with Crippen LogP contribution in [0, 0.1) is 26.0 Å². The Morgan fingerprint density at radius 1 is 0.613 bits per heavy atom. The van der Waals surface area contributed by atoms with Crippen LogP contribution in [-0.4, -0.2) is 0 Å². The van der Waals surface area contributed by atoms with E-state index in [0.717, 1.165) is 25.7 Å². The van der Waals surface area contributed by atoms with Crippen molar-refractivity contribution in [3.8, 4) is 0 Å². The van der Waals surface area contributed by atoms with Crippen LogP contribution < -0.4 is 24.8 Å². The molecule has 0 heterocycles. The molecule has 3 heteroatoms. The Labute approximate surface area is 220 Å². The Balaban J connectivity index is 0.000000529. The number of halogens is 2. The van der Waals surface area contributed by atoms with Gasteiger partial charge in [-0.1, -0.05) is 74.9 Å². The van der Waals surface area contributed by atoms with E-state index in [1.807, 2.05) is 0 Å². The summed E-state index contributed by atoms with van der Waals surface area (Å²) in [6.45, 7) is 8.64. The Morgan fingerprint density at radius 3 is 1.23 bits per heavy atom. The van der Waals surface area contributed by atoms with Crippen LogP contribution in [0.3, 0.4) is 0 Å². The molecular formula is C28H30Cl2Zr. The number of allylic oxidation sites excluding steroid dienone is 8. The van der Waals surface area contributed by atoms with Crippen molar-refractivity contribution in [2.45, 2.75) is 53.4 Å². The van der Waals surface area contributed by atoms with Gasteiger partial charge in [0, 0.05) is 0 Å². The summed E-state index contributed by atoms with van der Waals surface area (Å²) < 4.78 is 0. The molecular weight excluding hydrogens is 498 g/mol. The molecule has 0 spiro atoms. The molecule has 0 unspecified atom stereocenters. The van der Waals surface area contributed by atoms with Crippen LogP contribution >= 0.6 is 0 Å². The first-order valence-corrected chi connectivity index (χ1v) is 10.4. The summed E-state index contributed by atoms with van der Waals surface area (Å²) in [6, 6.07) is 17.4. The molecule has 0 N–H and O–H groups in total. The van der Waals surface area contributed by atoms with Crippen molar-refractivity contribution >= 4 is 11.1 Å². The SMILES string of the molecule is CCC1=CC[C-]=C1c1ccc(C)cc1.CCC1=CC[C-]=C1c1ccc(C)cc1.[Cl-].[Cl-].[Zr+4]. The number of hydrogen-bond acceptors (Lipinski definition) is 0. The second kappa shape index (κ2) is 14.8. The standard InChI is InChI=1S/2C14H15.2ClH.Zr/c2*1-3-12-5-4-6-14(12)13-9-7-11(2)8-10-13;;;/h2*5,7-10H,3-4H2,1-2H3;2*1H;/q2*-1;;;+4/p-2. The van der Waals surface area contributed by atoms with E-state index >= 15 is 0 Å². The van der Waals surface area contributed by atoms with Crippen molar-refractivity contribution in [1.82, 2.24) is 0 Å². The largest absolute Gasteiger partial charge is 4.00 e. The third kappa shape index (κ3) is 8.05. The summed E-state index contributed by atoms with van der Waals surface area (Å²) in [7, 11) is 0. The molecule has 0 saturated heterocycles. The first kappa shape index (κ1) is 29.9. The fraction of sp³-hybridized carbons (Fsp3) is 0.286. The zero-order valence-electron chi connectivity index (χ0n) is 18.9. The van der Waals surface area contributed by atoms with Crippen LogP contribution in [-0.2, 0) is 26.2 Å². The molecule has 0 atom stereocenters. The van der Waals surface area contributed by atoms with Crippen LogP contribution in [0.5, 0.6) is 0 Å². The van der Waals surface area contributed by atoms with Gasteiger partial charge in [0.25, 0.3) is 0 Å². The summed E-state index contributed by atoms with van der Waals surface area (Å²) >= 11 is 0. The smallest absolute Gasteiger partial charge is 1.00 e. The van der Waals surface area contributed by atoms with Crippen LogP contribution in [0.15, 0.2) is 71.8 Å². The quantitative estimate of drug-likeness (QED) is 0.532. The van der Waals surface area contributed by atoms with Crippen LogP contribution in [0.2, 0.25) is 0 Å². The summed E-state index contributed by atoms with van der Waals surface area (Å²) in [5.41, 5.74) is 10.7. The van der Waals surface area contributed by atoms with Gasteiger partial charge in [-0.25, -0.2) is 0 Å². The Kier molecular flexibility index (Phi) is 14.3. The summed E-state index contributed by atoms with van der Waals surface area (Å²) in [4.78, 5) is 0. The predicted molar refractivity (Wildman–Crippen MR) is 122 cm³/mol. The Morgan fingerprint density at radius 2 is 0.935 bits per heavy atom. The van der Waals surface area contributed by atoms with Gasteiger partial charge in [0.2, 0.25) is 0 Å². The molecule has 2 aromatic rings. The minimum atomic E-state index is 0. The first-order valence-electron chi connectivity index (χ1n) is 10.4. The van der Waals surface area contributed by atoms with E-state index in [4.69, 9.17) is 0 Å². The third-order valence-corrected chi connectivity index (χ3v) is 5.34. The van der Waals surface area contributed by atoms with Crippen LogP contribution in [0.1, 0.15) is 61.8 Å². The second-order valence-electron chi connectivity index (χ2n) is 7.41. The van der Waals surface area contributed by atoms with E-state index in [9.17, 15) is 0 Å². The topological polar surface area (TPSA) is 0 Å². The van der Waals surface area contributed by atoms with Gasteiger partial charge in [0.15, 0.2) is 0 Å². The number of hydrogen-bond donors (Lipinski definition) is 0. The molecule has 0 bridgehead atoms. The molecule has 160 valence electrons. The molecule has 0 aromatic heterocycles. The molecule has 0 radical (unpaired) electrons. The van der Waals surface area contributed by atoms with Gasteiger partial charge in [-0.15, -0.1) is 47.5 Å². The van der Waals surface area contributed by atoms with E-state index in [2.05, 4.69) is 101 Å². The molecule has 2 aliphatic carbocycles. The fourth-order valence-corrected chi connectivity index (χ4v) is 3.64. The molecule has 4 rings (SSSR count). The maximum Gasteiger partial charge on any atom is 4.00 e. The van der Waals surface area contributed by atoms with E-state index < -0.39 is 0 Å². The average Bonchev–Trinajstić information content (AvgIpc) is 3.39. The Hall–Kier alpha value is -1.14. The molecule has 2 aromatic carbocycles. The number of aryl methyl sites for hydroxylation is 2.